The van der Waals surface area contributed by atoms with Crippen molar-refractivity contribution in [2.24, 2.45) is 0 Å². The molecule has 0 aromatic rings. The van der Waals surface area contributed by atoms with Crippen molar-refractivity contribution < 1.29 is 32.9 Å². The van der Waals surface area contributed by atoms with Crippen LogP contribution in [0.1, 0.15) is 162 Å². The molecular formula is C44H81N2O6P. The van der Waals surface area contributed by atoms with Crippen LogP contribution in [0.3, 0.4) is 0 Å². The molecule has 0 heterocycles. The number of quaternary nitrogens is 1. The molecule has 0 rings (SSSR count). The summed E-state index contributed by atoms with van der Waals surface area (Å²) in [5, 5.41) is 13.7. The molecule has 2 N–H and O–H groups in total. The van der Waals surface area contributed by atoms with Gasteiger partial charge in [0.05, 0.1) is 39.9 Å². The van der Waals surface area contributed by atoms with Crippen LogP contribution in [0.5, 0.6) is 0 Å². The number of aliphatic hydroxyl groups excluding tert-OH is 1. The van der Waals surface area contributed by atoms with Gasteiger partial charge in [-0.15, -0.1) is 0 Å². The van der Waals surface area contributed by atoms with Crippen LogP contribution in [-0.4, -0.2) is 68.5 Å². The number of allylic oxidation sites excluding steroid dienone is 9. The Morgan fingerprint density at radius 3 is 1.70 bits per heavy atom. The molecule has 0 saturated heterocycles. The minimum atomic E-state index is -4.60. The van der Waals surface area contributed by atoms with Crippen LogP contribution in [0.25, 0.3) is 0 Å². The van der Waals surface area contributed by atoms with Gasteiger partial charge < -0.3 is 28.8 Å². The Morgan fingerprint density at radius 1 is 0.660 bits per heavy atom. The second kappa shape index (κ2) is 35.9. The lowest BCUT2D eigenvalue weighted by atomic mass is 10.1. The second-order valence-corrected chi connectivity index (χ2v) is 16.7. The smallest absolute Gasteiger partial charge is 0.268 e. The predicted octanol–water partition coefficient (Wildman–Crippen LogP) is 10.8. The third-order valence-corrected chi connectivity index (χ3v) is 9.89. The molecule has 0 aromatic heterocycles. The van der Waals surface area contributed by atoms with Crippen molar-refractivity contribution in [3.05, 3.63) is 60.8 Å². The fourth-order valence-corrected chi connectivity index (χ4v) is 6.22. The van der Waals surface area contributed by atoms with E-state index in [0.29, 0.717) is 17.4 Å². The van der Waals surface area contributed by atoms with Crippen LogP contribution in [-0.2, 0) is 18.4 Å². The number of hydrogen-bond acceptors (Lipinski definition) is 6. The SMILES string of the molecule is CCCC/C=C\C/C=C\CCCCCCCC(=O)NC(COP(=O)([O-])OCC[N+](C)(C)C)C(O)/C=C/CC/C=C/CC/C=C/CCCCCCCCC. The van der Waals surface area contributed by atoms with E-state index in [1.165, 1.54) is 70.6 Å². The maximum atomic E-state index is 12.8. The predicted molar refractivity (Wildman–Crippen MR) is 224 cm³/mol. The number of amides is 1. The van der Waals surface area contributed by atoms with Gasteiger partial charge in [-0.1, -0.05) is 145 Å². The van der Waals surface area contributed by atoms with Crippen molar-refractivity contribution in [3.8, 4) is 0 Å². The molecule has 3 atom stereocenters. The highest BCUT2D eigenvalue weighted by molar-refractivity contribution is 7.45. The Labute approximate surface area is 326 Å². The Hall–Kier alpha value is -1.80. The van der Waals surface area contributed by atoms with E-state index < -0.39 is 26.6 Å². The zero-order chi connectivity index (χ0) is 39.3. The van der Waals surface area contributed by atoms with Crippen LogP contribution < -0.4 is 10.2 Å². The maximum Gasteiger partial charge on any atom is 0.268 e. The molecule has 9 heteroatoms. The number of aliphatic hydroxyl groups is 1. The average Bonchev–Trinajstić information content (AvgIpc) is 3.10. The first kappa shape index (κ1) is 51.2. The number of nitrogens with one attached hydrogen (secondary N) is 1. The number of carbonyl (C=O) groups excluding carboxylic acids is 1. The molecule has 3 unspecified atom stereocenters. The quantitative estimate of drug-likeness (QED) is 0.0282. The van der Waals surface area contributed by atoms with Crippen molar-refractivity contribution in [2.75, 3.05) is 40.9 Å². The molecule has 0 aromatic carbocycles. The van der Waals surface area contributed by atoms with Crippen molar-refractivity contribution in [3.63, 3.8) is 0 Å². The van der Waals surface area contributed by atoms with Crippen molar-refractivity contribution in [2.45, 2.75) is 174 Å². The number of nitrogens with zero attached hydrogens (tertiary/aromatic N) is 1. The minimum absolute atomic E-state index is 0.0143. The summed E-state index contributed by atoms with van der Waals surface area (Å²) >= 11 is 0. The molecule has 0 spiro atoms. The third-order valence-electron chi connectivity index (χ3n) is 8.93. The Morgan fingerprint density at radius 2 is 1.13 bits per heavy atom. The summed E-state index contributed by atoms with van der Waals surface area (Å²) in [6, 6.07) is -0.917. The van der Waals surface area contributed by atoms with Gasteiger partial charge in [-0.05, 0) is 70.6 Å². The van der Waals surface area contributed by atoms with E-state index in [2.05, 4.69) is 67.8 Å². The maximum absolute atomic E-state index is 12.8. The van der Waals surface area contributed by atoms with Crippen LogP contribution in [0.15, 0.2) is 60.8 Å². The highest BCUT2D eigenvalue weighted by Crippen LogP contribution is 2.38. The van der Waals surface area contributed by atoms with Crippen LogP contribution in [0.4, 0.5) is 0 Å². The van der Waals surface area contributed by atoms with E-state index >= 15 is 0 Å². The molecule has 53 heavy (non-hydrogen) atoms. The lowest BCUT2D eigenvalue weighted by Gasteiger charge is -2.29. The first-order chi connectivity index (χ1) is 25.5. The van der Waals surface area contributed by atoms with Crippen LogP contribution >= 0.6 is 7.82 Å². The summed E-state index contributed by atoms with van der Waals surface area (Å²) < 4.78 is 23.1. The molecule has 0 aliphatic carbocycles. The van der Waals surface area contributed by atoms with Crippen LogP contribution in [0.2, 0.25) is 0 Å². The fraction of sp³-hybridized carbons (Fsp3) is 0.750. The van der Waals surface area contributed by atoms with Gasteiger partial charge in [0.25, 0.3) is 7.82 Å². The van der Waals surface area contributed by atoms with E-state index in [9.17, 15) is 19.4 Å². The van der Waals surface area contributed by atoms with Gasteiger partial charge in [-0.3, -0.25) is 9.36 Å². The number of rotatable bonds is 37. The number of likely N-dealkylation sites (N-methyl/N-ethyl adjacent to an activating group) is 1. The highest BCUT2D eigenvalue weighted by Gasteiger charge is 2.23. The lowest BCUT2D eigenvalue weighted by molar-refractivity contribution is -0.870. The second-order valence-electron chi connectivity index (χ2n) is 15.3. The van der Waals surface area contributed by atoms with Gasteiger partial charge in [0.2, 0.25) is 5.91 Å². The fourth-order valence-electron chi connectivity index (χ4n) is 5.49. The van der Waals surface area contributed by atoms with Crippen molar-refractivity contribution in [1.82, 2.24) is 5.32 Å². The number of carbonyl (C=O) groups is 1. The number of phosphoric acid groups is 1. The highest BCUT2D eigenvalue weighted by atomic mass is 31.2. The normalized spacial score (nSPS) is 15.1. The number of phosphoric ester groups is 1. The average molecular weight is 765 g/mol. The zero-order valence-corrected chi connectivity index (χ0v) is 35.6. The van der Waals surface area contributed by atoms with Gasteiger partial charge >= 0.3 is 0 Å². The number of unbranched alkanes of at least 4 members (excludes halogenated alkanes) is 16. The molecule has 0 radical (unpaired) electrons. The largest absolute Gasteiger partial charge is 0.756 e. The Bertz CT molecular complexity index is 1050. The summed E-state index contributed by atoms with van der Waals surface area (Å²) in [5.41, 5.74) is 0. The summed E-state index contributed by atoms with van der Waals surface area (Å²) in [7, 11) is 1.21. The Balaban J connectivity index is 4.59. The summed E-state index contributed by atoms with van der Waals surface area (Å²) in [6.07, 6.45) is 45.5. The molecule has 0 bridgehead atoms. The van der Waals surface area contributed by atoms with E-state index in [1.807, 2.05) is 27.2 Å². The van der Waals surface area contributed by atoms with Gasteiger partial charge in [-0.2, -0.15) is 0 Å². The van der Waals surface area contributed by atoms with E-state index in [-0.39, 0.29) is 12.5 Å². The lowest BCUT2D eigenvalue weighted by Crippen LogP contribution is -2.45. The van der Waals surface area contributed by atoms with E-state index in [4.69, 9.17) is 9.05 Å². The first-order valence-electron chi connectivity index (χ1n) is 21.2. The molecular weight excluding hydrogens is 683 g/mol. The molecule has 0 saturated carbocycles. The van der Waals surface area contributed by atoms with Crippen molar-refractivity contribution >= 4 is 13.7 Å². The van der Waals surface area contributed by atoms with Crippen LogP contribution in [0, 0.1) is 0 Å². The molecule has 0 aliphatic rings. The molecule has 8 nitrogen and oxygen atoms in total. The van der Waals surface area contributed by atoms with Gasteiger partial charge in [0, 0.05) is 6.42 Å². The van der Waals surface area contributed by atoms with Gasteiger partial charge in [0.1, 0.15) is 13.2 Å². The minimum Gasteiger partial charge on any atom is -0.756 e. The number of hydrogen-bond donors (Lipinski definition) is 2. The third kappa shape index (κ3) is 38.3. The summed E-state index contributed by atoms with van der Waals surface area (Å²) in [4.78, 5) is 25.2. The standard InChI is InChI=1S/C44H81N2O6P/c1-6-8-10-12-14-16-18-20-22-23-24-25-27-29-31-33-35-37-43(47)42(41-52-53(49,50)51-40-39-46(3,4)5)45-44(48)38-36-34-32-30-28-26-21-19-17-15-13-11-9-7-2/h13,15,19,21-23,27,29,35,37,42-43,47H,6-12,14,16-18,20,24-26,28,30-34,36,38-41H2,1-5H3,(H-,45,48,49,50)/b15-13-,21-19-,23-22+,29-27+,37-35+. The van der Waals surface area contributed by atoms with E-state index in [0.717, 1.165) is 70.6 Å². The van der Waals surface area contributed by atoms with E-state index in [1.54, 1.807) is 6.08 Å². The molecule has 0 fully saturated rings. The summed E-state index contributed by atoms with van der Waals surface area (Å²) in [6.45, 7) is 4.53. The molecule has 0 aliphatic heterocycles. The zero-order valence-electron chi connectivity index (χ0n) is 34.7. The summed E-state index contributed by atoms with van der Waals surface area (Å²) in [5.74, 6) is -0.230. The first-order valence-corrected chi connectivity index (χ1v) is 22.6. The van der Waals surface area contributed by atoms with Gasteiger partial charge in [-0.25, -0.2) is 0 Å². The van der Waals surface area contributed by atoms with Gasteiger partial charge in [0.15, 0.2) is 0 Å². The monoisotopic (exact) mass is 765 g/mol. The van der Waals surface area contributed by atoms with Crippen molar-refractivity contribution in [1.29, 1.82) is 0 Å². The molecule has 1 amide bonds. The topological polar surface area (TPSA) is 108 Å². The Kier molecular flexibility index (Phi) is 34.7. The molecule has 308 valence electrons.